The number of aromatic amines is 1. The van der Waals surface area contributed by atoms with Gasteiger partial charge in [-0.25, -0.2) is 0 Å². The Hall–Kier alpha value is -2.59. The first-order valence-electron chi connectivity index (χ1n) is 7.33. The summed E-state index contributed by atoms with van der Waals surface area (Å²) >= 11 is 0. The van der Waals surface area contributed by atoms with E-state index in [-0.39, 0.29) is 0 Å². The summed E-state index contributed by atoms with van der Waals surface area (Å²) in [4.78, 5) is 17.1. The van der Waals surface area contributed by atoms with Crippen LogP contribution < -0.4 is 0 Å². The highest BCUT2D eigenvalue weighted by Gasteiger charge is 2.33. The van der Waals surface area contributed by atoms with Crippen LogP contribution in [0.25, 0.3) is 10.9 Å². The molecule has 3 aromatic rings. The van der Waals surface area contributed by atoms with Crippen LogP contribution in [0, 0.1) is 0 Å². The number of carbonyl (C=O) groups is 1. The Bertz CT molecular complexity index is 828. The third-order valence-corrected chi connectivity index (χ3v) is 4.38. The van der Waals surface area contributed by atoms with Crippen LogP contribution in [0.2, 0.25) is 0 Å². The van der Waals surface area contributed by atoms with Crippen LogP contribution in [-0.4, -0.2) is 21.0 Å². The number of para-hydroxylation sites is 1. The van der Waals surface area contributed by atoms with E-state index in [4.69, 9.17) is 0 Å². The number of carboxylic acid groups (broad SMARTS) is 1. The number of aromatic nitrogens is 1. The SMILES string of the molecule is O=C(O)[C@H](c1c[nH]c2ccccc12)N1Cc2ccccc2C1. The van der Waals surface area contributed by atoms with Crippen LogP contribution in [0.5, 0.6) is 0 Å². The number of nitrogens with one attached hydrogen (secondary N) is 1. The van der Waals surface area contributed by atoms with Gasteiger partial charge in [-0.05, 0) is 17.2 Å². The Morgan fingerprint density at radius 1 is 1.05 bits per heavy atom. The smallest absolute Gasteiger partial charge is 0.325 e. The van der Waals surface area contributed by atoms with Crippen LogP contribution in [0.4, 0.5) is 0 Å². The molecule has 2 N–H and O–H groups in total. The fraction of sp³-hybridized carbons (Fsp3) is 0.167. The molecule has 0 aliphatic carbocycles. The first-order valence-corrected chi connectivity index (χ1v) is 7.33. The topological polar surface area (TPSA) is 56.3 Å². The van der Waals surface area contributed by atoms with Gasteiger partial charge in [-0.2, -0.15) is 0 Å². The van der Waals surface area contributed by atoms with Gasteiger partial charge in [0.25, 0.3) is 0 Å². The minimum absolute atomic E-state index is 0.636. The van der Waals surface area contributed by atoms with Gasteiger partial charge in [-0.3, -0.25) is 9.69 Å². The fourth-order valence-corrected chi connectivity index (χ4v) is 3.35. The average Bonchev–Trinajstić information content (AvgIpc) is 3.12. The Morgan fingerprint density at radius 3 is 2.36 bits per heavy atom. The van der Waals surface area contributed by atoms with Crippen molar-refractivity contribution in [3.8, 4) is 0 Å². The van der Waals surface area contributed by atoms with E-state index in [1.165, 1.54) is 11.1 Å². The molecule has 1 aliphatic rings. The van der Waals surface area contributed by atoms with Crippen LogP contribution in [0.1, 0.15) is 22.7 Å². The van der Waals surface area contributed by atoms with E-state index in [2.05, 4.69) is 17.1 Å². The maximum Gasteiger partial charge on any atom is 0.325 e. The lowest BCUT2D eigenvalue weighted by Crippen LogP contribution is -2.29. The zero-order chi connectivity index (χ0) is 15.1. The molecule has 1 atom stereocenters. The van der Waals surface area contributed by atoms with E-state index in [1.807, 2.05) is 47.5 Å². The molecule has 0 radical (unpaired) electrons. The third kappa shape index (κ3) is 2.00. The Morgan fingerprint density at radius 2 is 1.68 bits per heavy atom. The summed E-state index contributed by atoms with van der Waals surface area (Å²) in [5, 5.41) is 10.8. The summed E-state index contributed by atoms with van der Waals surface area (Å²) in [5.41, 5.74) is 4.23. The zero-order valence-corrected chi connectivity index (χ0v) is 12.0. The molecule has 0 unspecified atom stereocenters. The Kier molecular flexibility index (Phi) is 2.98. The Balaban J connectivity index is 1.76. The second kappa shape index (κ2) is 5.00. The molecule has 4 nitrogen and oxygen atoms in total. The van der Waals surface area contributed by atoms with Crippen molar-refractivity contribution in [2.75, 3.05) is 0 Å². The van der Waals surface area contributed by atoms with Crippen molar-refractivity contribution in [2.24, 2.45) is 0 Å². The monoisotopic (exact) mass is 292 g/mol. The molecule has 2 heterocycles. The molecule has 1 aliphatic heterocycles. The summed E-state index contributed by atoms with van der Waals surface area (Å²) in [6.07, 6.45) is 1.83. The van der Waals surface area contributed by atoms with Crippen molar-refractivity contribution in [2.45, 2.75) is 19.1 Å². The maximum atomic E-state index is 11.9. The molecule has 0 spiro atoms. The average molecular weight is 292 g/mol. The summed E-state index contributed by atoms with van der Waals surface area (Å²) in [5.74, 6) is -0.808. The minimum atomic E-state index is -0.808. The molecule has 0 saturated carbocycles. The lowest BCUT2D eigenvalue weighted by atomic mass is 10.0. The van der Waals surface area contributed by atoms with Gasteiger partial charge in [-0.1, -0.05) is 42.5 Å². The normalized spacial score (nSPS) is 15.8. The number of benzene rings is 2. The molecule has 4 rings (SSSR count). The van der Waals surface area contributed by atoms with Gasteiger partial charge in [0, 0.05) is 35.8 Å². The number of H-pyrrole nitrogens is 1. The molecular formula is C18H16N2O2. The van der Waals surface area contributed by atoms with Crippen molar-refractivity contribution in [3.05, 3.63) is 71.4 Å². The number of hydrogen-bond donors (Lipinski definition) is 2. The number of carboxylic acids is 1. The molecule has 4 heteroatoms. The van der Waals surface area contributed by atoms with Gasteiger partial charge in [0.05, 0.1) is 0 Å². The summed E-state index contributed by atoms with van der Waals surface area (Å²) in [6, 6.07) is 15.3. The first kappa shape index (κ1) is 13.1. The standard InChI is InChI=1S/C18H16N2O2/c21-18(22)17(15-9-19-16-8-4-3-7-14(15)16)20-10-12-5-1-2-6-13(12)11-20/h1-9,17,19H,10-11H2,(H,21,22)/t17-/m0/s1. The fourth-order valence-electron chi connectivity index (χ4n) is 3.35. The summed E-state index contributed by atoms with van der Waals surface area (Å²) < 4.78 is 0. The lowest BCUT2D eigenvalue weighted by molar-refractivity contribution is -0.143. The van der Waals surface area contributed by atoms with Crippen LogP contribution in [0.3, 0.4) is 0 Å². The van der Waals surface area contributed by atoms with Crippen LogP contribution in [0.15, 0.2) is 54.7 Å². The summed E-state index contributed by atoms with van der Waals surface area (Å²) in [7, 11) is 0. The van der Waals surface area contributed by atoms with E-state index >= 15 is 0 Å². The van der Waals surface area contributed by atoms with Crippen LogP contribution in [-0.2, 0) is 17.9 Å². The molecule has 0 amide bonds. The van der Waals surface area contributed by atoms with E-state index < -0.39 is 12.0 Å². The predicted molar refractivity (Wildman–Crippen MR) is 84.4 cm³/mol. The third-order valence-electron chi connectivity index (χ3n) is 4.38. The van der Waals surface area contributed by atoms with Gasteiger partial charge in [0.2, 0.25) is 0 Å². The van der Waals surface area contributed by atoms with Crippen molar-refractivity contribution in [3.63, 3.8) is 0 Å². The quantitative estimate of drug-likeness (QED) is 0.778. The molecular weight excluding hydrogens is 276 g/mol. The number of nitrogens with zero attached hydrogens (tertiary/aromatic N) is 1. The molecule has 22 heavy (non-hydrogen) atoms. The van der Waals surface area contributed by atoms with E-state index in [0.717, 1.165) is 16.5 Å². The van der Waals surface area contributed by atoms with Gasteiger partial charge in [-0.15, -0.1) is 0 Å². The molecule has 0 saturated heterocycles. The number of fused-ring (bicyclic) bond motifs is 2. The molecule has 110 valence electrons. The van der Waals surface area contributed by atoms with E-state index in [9.17, 15) is 9.90 Å². The van der Waals surface area contributed by atoms with Crippen LogP contribution >= 0.6 is 0 Å². The predicted octanol–water partition coefficient (Wildman–Crippen LogP) is 3.31. The van der Waals surface area contributed by atoms with Crippen molar-refractivity contribution >= 4 is 16.9 Å². The van der Waals surface area contributed by atoms with E-state index in [0.29, 0.717) is 13.1 Å². The number of aliphatic carboxylic acids is 1. The molecule has 1 aromatic heterocycles. The highest BCUT2D eigenvalue weighted by molar-refractivity contribution is 5.89. The lowest BCUT2D eigenvalue weighted by Gasteiger charge is -2.23. The maximum absolute atomic E-state index is 11.9. The highest BCUT2D eigenvalue weighted by Crippen LogP contribution is 2.34. The Labute approximate surface area is 128 Å². The van der Waals surface area contributed by atoms with Gasteiger partial charge < -0.3 is 10.1 Å². The first-order chi connectivity index (χ1) is 10.7. The van der Waals surface area contributed by atoms with Crippen molar-refractivity contribution in [1.82, 2.24) is 9.88 Å². The van der Waals surface area contributed by atoms with E-state index in [1.54, 1.807) is 0 Å². The van der Waals surface area contributed by atoms with Crippen molar-refractivity contribution in [1.29, 1.82) is 0 Å². The highest BCUT2D eigenvalue weighted by atomic mass is 16.4. The second-order valence-corrected chi connectivity index (χ2v) is 5.70. The number of hydrogen-bond acceptors (Lipinski definition) is 2. The molecule has 0 bridgehead atoms. The minimum Gasteiger partial charge on any atom is -0.480 e. The second-order valence-electron chi connectivity index (χ2n) is 5.70. The van der Waals surface area contributed by atoms with Crippen molar-refractivity contribution < 1.29 is 9.90 Å². The zero-order valence-electron chi connectivity index (χ0n) is 12.0. The van der Waals surface area contributed by atoms with Gasteiger partial charge >= 0.3 is 5.97 Å². The molecule has 2 aromatic carbocycles. The summed E-state index contributed by atoms with van der Waals surface area (Å²) in [6.45, 7) is 1.35. The van der Waals surface area contributed by atoms with Gasteiger partial charge in [0.1, 0.15) is 6.04 Å². The molecule has 0 fully saturated rings. The van der Waals surface area contributed by atoms with Gasteiger partial charge in [0.15, 0.2) is 0 Å². The number of rotatable bonds is 3. The largest absolute Gasteiger partial charge is 0.480 e.